The maximum atomic E-state index is 5.66. The van der Waals surface area contributed by atoms with Crippen molar-refractivity contribution >= 4 is 0 Å². The van der Waals surface area contributed by atoms with Crippen LogP contribution in [0.4, 0.5) is 0 Å². The van der Waals surface area contributed by atoms with Crippen LogP contribution in [-0.2, 0) is 4.74 Å². The van der Waals surface area contributed by atoms with Crippen LogP contribution in [0.15, 0.2) is 0 Å². The van der Waals surface area contributed by atoms with Crippen LogP contribution in [0.3, 0.4) is 0 Å². The van der Waals surface area contributed by atoms with Gasteiger partial charge >= 0.3 is 0 Å². The molecule has 0 aliphatic rings. The Morgan fingerprint density at radius 2 is 1.87 bits per heavy atom. The molecule has 0 aromatic heterocycles. The minimum absolute atomic E-state index is 0.136. The molecule has 0 amide bonds. The molecule has 0 aliphatic heterocycles. The van der Waals surface area contributed by atoms with Crippen LogP contribution in [0, 0.1) is 0 Å². The highest BCUT2D eigenvalue weighted by Gasteiger charge is 2.19. The number of rotatable bonds is 9. The van der Waals surface area contributed by atoms with Gasteiger partial charge in [-0.3, -0.25) is 0 Å². The molecule has 1 N–H and O–H groups in total. The van der Waals surface area contributed by atoms with E-state index in [-0.39, 0.29) is 5.54 Å². The Morgan fingerprint density at radius 3 is 2.40 bits per heavy atom. The molecule has 0 aromatic rings. The first-order chi connectivity index (χ1) is 7.00. The summed E-state index contributed by atoms with van der Waals surface area (Å²) in [6, 6.07) is 0. The van der Waals surface area contributed by atoms with Gasteiger partial charge in [0.15, 0.2) is 0 Å². The summed E-state index contributed by atoms with van der Waals surface area (Å²) in [5.74, 6) is 0. The molecule has 0 heterocycles. The molecule has 0 saturated heterocycles. The van der Waals surface area contributed by atoms with Crippen LogP contribution in [0.25, 0.3) is 0 Å². The Bertz CT molecular complexity index is 147. The molecule has 0 radical (unpaired) electrons. The summed E-state index contributed by atoms with van der Waals surface area (Å²) in [5.41, 5.74) is 0.136. The number of hydrogen-bond donors (Lipinski definition) is 1. The van der Waals surface area contributed by atoms with E-state index in [0.717, 1.165) is 32.7 Å². The lowest BCUT2D eigenvalue weighted by Crippen LogP contribution is -2.42. The molecule has 0 aliphatic carbocycles. The fraction of sp³-hybridized carbons (Fsp3) is 1.00. The molecule has 0 saturated carbocycles. The molecular formula is C12H28N2O. The fourth-order valence-corrected chi connectivity index (χ4v) is 1.05. The quantitative estimate of drug-likeness (QED) is 0.594. The van der Waals surface area contributed by atoms with Gasteiger partial charge in [0.1, 0.15) is 0 Å². The van der Waals surface area contributed by atoms with Gasteiger partial charge in [0.2, 0.25) is 0 Å². The molecule has 0 fully saturated rings. The molecule has 0 atom stereocenters. The highest BCUT2D eigenvalue weighted by Crippen LogP contribution is 2.09. The van der Waals surface area contributed by atoms with Crippen molar-refractivity contribution in [3.63, 3.8) is 0 Å². The van der Waals surface area contributed by atoms with E-state index in [4.69, 9.17) is 4.74 Å². The van der Waals surface area contributed by atoms with Crippen molar-refractivity contribution in [2.45, 2.75) is 39.2 Å². The van der Waals surface area contributed by atoms with Gasteiger partial charge in [0.05, 0.1) is 6.61 Å². The molecule has 3 nitrogen and oxygen atoms in total. The predicted octanol–water partition coefficient (Wildman–Crippen LogP) is 1.73. The summed E-state index contributed by atoms with van der Waals surface area (Å²) in [6.45, 7) is 10.4. The topological polar surface area (TPSA) is 24.5 Å². The van der Waals surface area contributed by atoms with Crippen LogP contribution in [-0.4, -0.2) is 50.8 Å². The molecule has 3 heteroatoms. The van der Waals surface area contributed by atoms with Crippen LogP contribution < -0.4 is 5.32 Å². The van der Waals surface area contributed by atoms with E-state index in [2.05, 4.69) is 45.1 Å². The monoisotopic (exact) mass is 216 g/mol. The lowest BCUT2D eigenvalue weighted by Gasteiger charge is -2.32. The van der Waals surface area contributed by atoms with E-state index in [1.807, 2.05) is 0 Å². The third-order valence-corrected chi connectivity index (χ3v) is 2.73. The van der Waals surface area contributed by atoms with Gasteiger partial charge in [-0.15, -0.1) is 0 Å². The first-order valence-corrected chi connectivity index (χ1v) is 5.96. The van der Waals surface area contributed by atoms with Gasteiger partial charge in [0, 0.05) is 12.1 Å². The average molecular weight is 216 g/mol. The van der Waals surface area contributed by atoms with Gasteiger partial charge in [0.25, 0.3) is 0 Å². The van der Waals surface area contributed by atoms with Crippen molar-refractivity contribution in [3.05, 3.63) is 0 Å². The maximum absolute atomic E-state index is 5.66. The normalized spacial score (nSPS) is 12.4. The Hall–Kier alpha value is -0.120. The van der Waals surface area contributed by atoms with E-state index < -0.39 is 0 Å². The number of ether oxygens (including phenoxy) is 1. The van der Waals surface area contributed by atoms with Gasteiger partial charge < -0.3 is 15.0 Å². The van der Waals surface area contributed by atoms with E-state index >= 15 is 0 Å². The highest BCUT2D eigenvalue weighted by molar-refractivity contribution is 4.75. The zero-order chi connectivity index (χ0) is 11.7. The predicted molar refractivity (Wildman–Crippen MR) is 66.4 cm³/mol. The molecule has 15 heavy (non-hydrogen) atoms. The van der Waals surface area contributed by atoms with Gasteiger partial charge in [-0.25, -0.2) is 0 Å². The minimum atomic E-state index is 0.136. The molecule has 0 spiro atoms. The first kappa shape index (κ1) is 14.9. The van der Waals surface area contributed by atoms with Crippen molar-refractivity contribution < 1.29 is 4.74 Å². The number of hydrogen-bond acceptors (Lipinski definition) is 3. The largest absolute Gasteiger partial charge is 0.379 e. The molecule has 0 unspecified atom stereocenters. The zero-order valence-corrected chi connectivity index (χ0v) is 11.1. The first-order valence-electron chi connectivity index (χ1n) is 5.96. The second-order valence-corrected chi connectivity index (χ2v) is 4.86. The second kappa shape index (κ2) is 8.08. The maximum Gasteiger partial charge on any atom is 0.0644 e. The van der Waals surface area contributed by atoms with Crippen LogP contribution >= 0.6 is 0 Å². The van der Waals surface area contributed by atoms with Gasteiger partial charge in [-0.1, -0.05) is 6.92 Å². The Morgan fingerprint density at radius 1 is 1.20 bits per heavy atom. The molecule has 0 bridgehead atoms. The molecular weight excluding hydrogens is 188 g/mol. The van der Waals surface area contributed by atoms with E-state index in [1.165, 1.54) is 6.42 Å². The lowest BCUT2D eigenvalue weighted by molar-refractivity contribution is 0.0353. The standard InChI is InChI=1S/C12H28N2O/c1-6-8-13-9-7-10-15-11-12(2,3)14(4)5/h13H,6-11H2,1-5H3. The minimum Gasteiger partial charge on any atom is -0.379 e. The Labute approximate surface area is 95.2 Å². The van der Waals surface area contributed by atoms with Crippen molar-refractivity contribution in [2.24, 2.45) is 0 Å². The highest BCUT2D eigenvalue weighted by atomic mass is 16.5. The number of nitrogens with zero attached hydrogens (tertiary/aromatic N) is 1. The third kappa shape index (κ3) is 7.77. The second-order valence-electron chi connectivity index (χ2n) is 4.86. The Kier molecular flexibility index (Phi) is 8.02. The van der Waals surface area contributed by atoms with E-state index in [0.29, 0.717) is 0 Å². The van der Waals surface area contributed by atoms with Crippen LogP contribution in [0.1, 0.15) is 33.6 Å². The molecule has 0 rings (SSSR count). The summed E-state index contributed by atoms with van der Waals surface area (Å²) in [4.78, 5) is 2.20. The summed E-state index contributed by atoms with van der Waals surface area (Å²) in [7, 11) is 4.18. The smallest absolute Gasteiger partial charge is 0.0644 e. The summed E-state index contributed by atoms with van der Waals surface area (Å²) >= 11 is 0. The van der Waals surface area contributed by atoms with Crippen LogP contribution in [0.5, 0.6) is 0 Å². The lowest BCUT2D eigenvalue weighted by atomic mass is 10.1. The van der Waals surface area contributed by atoms with Crippen molar-refractivity contribution in [1.29, 1.82) is 0 Å². The summed E-state index contributed by atoms with van der Waals surface area (Å²) in [5, 5.41) is 3.37. The fourth-order valence-electron chi connectivity index (χ4n) is 1.05. The van der Waals surface area contributed by atoms with E-state index in [1.54, 1.807) is 0 Å². The van der Waals surface area contributed by atoms with Crippen molar-refractivity contribution in [1.82, 2.24) is 10.2 Å². The zero-order valence-electron chi connectivity index (χ0n) is 11.1. The summed E-state index contributed by atoms with van der Waals surface area (Å²) in [6.07, 6.45) is 2.30. The third-order valence-electron chi connectivity index (χ3n) is 2.73. The van der Waals surface area contributed by atoms with Crippen molar-refractivity contribution in [3.8, 4) is 0 Å². The Balaban J connectivity index is 3.31. The van der Waals surface area contributed by atoms with Gasteiger partial charge in [-0.2, -0.15) is 0 Å². The van der Waals surface area contributed by atoms with Crippen molar-refractivity contribution in [2.75, 3.05) is 40.4 Å². The van der Waals surface area contributed by atoms with Gasteiger partial charge in [-0.05, 0) is 53.9 Å². The molecule has 92 valence electrons. The SMILES string of the molecule is CCCNCCCOCC(C)(C)N(C)C. The number of nitrogens with one attached hydrogen (secondary N) is 1. The summed E-state index contributed by atoms with van der Waals surface area (Å²) < 4.78 is 5.66. The molecule has 0 aromatic carbocycles. The number of likely N-dealkylation sites (N-methyl/N-ethyl adjacent to an activating group) is 1. The average Bonchev–Trinajstić information content (AvgIpc) is 2.16. The van der Waals surface area contributed by atoms with E-state index in [9.17, 15) is 0 Å². The van der Waals surface area contributed by atoms with Crippen LogP contribution in [0.2, 0.25) is 0 Å².